The highest BCUT2D eigenvalue weighted by molar-refractivity contribution is 7.80. The first-order chi connectivity index (χ1) is 16.0. The average molecular weight is 488 g/mol. The summed E-state index contributed by atoms with van der Waals surface area (Å²) in [6, 6.07) is 10.2. The summed E-state index contributed by atoms with van der Waals surface area (Å²) in [5, 5.41) is 7.94. The van der Waals surface area contributed by atoms with Crippen LogP contribution in [0.2, 0.25) is 5.02 Å². The molecule has 2 fully saturated rings. The summed E-state index contributed by atoms with van der Waals surface area (Å²) in [4.78, 5) is 11.5. The number of anilines is 2. The lowest BCUT2D eigenvalue weighted by molar-refractivity contribution is 0.292. The number of thiocarbonyl (C=S) groups is 1. The van der Waals surface area contributed by atoms with Crippen LogP contribution in [-0.4, -0.2) is 41.8 Å². The van der Waals surface area contributed by atoms with Crippen molar-refractivity contribution in [3.05, 3.63) is 40.9 Å². The Hall–Kier alpha value is -2.12. The van der Waals surface area contributed by atoms with Crippen LogP contribution in [-0.2, 0) is 5.41 Å². The number of piperidine rings is 1. The number of nitrogens with zero attached hydrogens (tertiary/aromatic N) is 3. The summed E-state index contributed by atoms with van der Waals surface area (Å²) in [5.41, 5.74) is 1.37. The van der Waals surface area contributed by atoms with E-state index in [4.69, 9.17) is 33.5 Å². The predicted molar refractivity (Wildman–Crippen MR) is 140 cm³/mol. The van der Waals surface area contributed by atoms with Gasteiger partial charge in [-0.05, 0) is 61.5 Å². The molecule has 1 saturated carbocycles. The van der Waals surface area contributed by atoms with Gasteiger partial charge in [0.2, 0.25) is 11.8 Å². The zero-order valence-corrected chi connectivity index (χ0v) is 21.1. The van der Waals surface area contributed by atoms with E-state index >= 15 is 0 Å². The Labute approximate surface area is 207 Å². The smallest absolute Gasteiger partial charge is 0.234 e. The Bertz CT molecular complexity index is 948. The molecule has 178 valence electrons. The molecular weight excluding hydrogens is 454 g/mol. The molecular formula is C25H34ClN5OS. The van der Waals surface area contributed by atoms with Crippen molar-refractivity contribution in [2.24, 2.45) is 5.92 Å². The minimum absolute atomic E-state index is 0.0545. The highest BCUT2D eigenvalue weighted by Crippen LogP contribution is 2.39. The Balaban J connectivity index is 1.45. The number of aromatic nitrogens is 2. The molecule has 8 heteroatoms. The zero-order chi connectivity index (χ0) is 23.3. The maximum absolute atomic E-state index is 6.14. The van der Waals surface area contributed by atoms with Gasteiger partial charge in [-0.3, -0.25) is 0 Å². The summed E-state index contributed by atoms with van der Waals surface area (Å²) < 4.78 is 5.44. The molecule has 2 heterocycles. The van der Waals surface area contributed by atoms with Crippen molar-refractivity contribution in [2.75, 3.05) is 37.0 Å². The van der Waals surface area contributed by atoms with Gasteiger partial charge in [-0.25, -0.2) is 0 Å². The lowest BCUT2D eigenvalue weighted by Crippen LogP contribution is -2.43. The fourth-order valence-corrected chi connectivity index (χ4v) is 5.42. The van der Waals surface area contributed by atoms with Gasteiger partial charge in [0.1, 0.15) is 5.82 Å². The van der Waals surface area contributed by atoms with Crippen molar-refractivity contribution in [1.29, 1.82) is 0 Å². The lowest BCUT2D eigenvalue weighted by atomic mass is 9.69. The second kappa shape index (κ2) is 10.9. The predicted octanol–water partition coefficient (Wildman–Crippen LogP) is 5.56. The fourth-order valence-electron chi connectivity index (χ4n) is 5.13. The first kappa shape index (κ1) is 24.0. The number of hydrogen-bond donors (Lipinski definition) is 2. The van der Waals surface area contributed by atoms with E-state index in [-0.39, 0.29) is 5.41 Å². The SMILES string of the molecule is COc1cc(N2CCCC(C)C2)nc(NC(=S)NCC2(c3ccc(Cl)cc3)CCCCC2)n1. The second-order valence-corrected chi connectivity index (χ2v) is 10.3. The maximum Gasteiger partial charge on any atom is 0.234 e. The third-order valence-electron chi connectivity index (χ3n) is 6.96. The van der Waals surface area contributed by atoms with E-state index in [1.54, 1.807) is 7.11 Å². The molecule has 2 N–H and O–H groups in total. The number of hydrogen-bond acceptors (Lipinski definition) is 5. The van der Waals surface area contributed by atoms with Gasteiger partial charge >= 0.3 is 0 Å². The quantitative estimate of drug-likeness (QED) is 0.517. The van der Waals surface area contributed by atoms with Crippen LogP contribution in [0.5, 0.6) is 5.88 Å². The summed E-state index contributed by atoms with van der Waals surface area (Å²) in [7, 11) is 1.63. The molecule has 4 rings (SSSR count). The molecule has 1 atom stereocenters. The molecule has 0 bridgehead atoms. The van der Waals surface area contributed by atoms with Crippen LogP contribution in [0.3, 0.4) is 0 Å². The molecule has 6 nitrogen and oxygen atoms in total. The van der Waals surface area contributed by atoms with Gasteiger partial charge < -0.3 is 20.3 Å². The number of benzene rings is 1. The highest BCUT2D eigenvalue weighted by Gasteiger charge is 2.34. The van der Waals surface area contributed by atoms with E-state index in [0.717, 1.165) is 43.3 Å². The third-order valence-corrected chi connectivity index (χ3v) is 7.46. The van der Waals surface area contributed by atoms with Crippen molar-refractivity contribution < 1.29 is 4.74 Å². The summed E-state index contributed by atoms with van der Waals surface area (Å²) in [5.74, 6) is 2.53. The maximum atomic E-state index is 6.14. The van der Waals surface area contributed by atoms with Crippen LogP contribution in [0.25, 0.3) is 0 Å². The fraction of sp³-hybridized carbons (Fsp3) is 0.560. The Morgan fingerprint density at radius 3 is 2.64 bits per heavy atom. The van der Waals surface area contributed by atoms with E-state index in [0.29, 0.717) is 22.9 Å². The van der Waals surface area contributed by atoms with Crippen LogP contribution < -0.4 is 20.3 Å². The minimum atomic E-state index is 0.0545. The van der Waals surface area contributed by atoms with Crippen LogP contribution in [0.15, 0.2) is 30.3 Å². The van der Waals surface area contributed by atoms with Crippen molar-refractivity contribution in [1.82, 2.24) is 15.3 Å². The number of nitrogens with one attached hydrogen (secondary N) is 2. The molecule has 1 saturated heterocycles. The standard InChI is InChI=1S/C25H34ClN5OS/c1-18-7-6-14-31(16-18)21-15-22(32-2)29-23(28-21)30-24(33)27-17-25(12-4-3-5-13-25)19-8-10-20(26)11-9-19/h8-11,15,18H,3-7,12-14,16-17H2,1-2H3,(H2,27,28,29,30,33). The molecule has 0 spiro atoms. The molecule has 0 amide bonds. The number of methoxy groups -OCH3 is 1. The number of ether oxygens (including phenoxy) is 1. The van der Waals surface area contributed by atoms with Crippen molar-refractivity contribution in [2.45, 2.75) is 57.3 Å². The normalized spacial score (nSPS) is 20.2. The van der Waals surface area contributed by atoms with Gasteiger partial charge in [-0.1, -0.05) is 49.9 Å². The molecule has 1 aliphatic carbocycles. The van der Waals surface area contributed by atoms with Crippen LogP contribution in [0.1, 0.15) is 57.4 Å². The highest BCUT2D eigenvalue weighted by atomic mass is 35.5. The zero-order valence-electron chi connectivity index (χ0n) is 19.6. The van der Waals surface area contributed by atoms with E-state index in [1.807, 2.05) is 18.2 Å². The Kier molecular flexibility index (Phi) is 7.91. The van der Waals surface area contributed by atoms with Gasteiger partial charge in [0, 0.05) is 36.1 Å². The lowest BCUT2D eigenvalue weighted by Gasteiger charge is -2.38. The van der Waals surface area contributed by atoms with Gasteiger partial charge in [-0.15, -0.1) is 0 Å². The van der Waals surface area contributed by atoms with E-state index < -0.39 is 0 Å². The molecule has 1 aromatic heterocycles. The second-order valence-electron chi connectivity index (χ2n) is 9.44. The topological polar surface area (TPSA) is 62.3 Å². The van der Waals surface area contributed by atoms with Crippen molar-refractivity contribution in [3.8, 4) is 5.88 Å². The monoisotopic (exact) mass is 487 g/mol. The first-order valence-corrected chi connectivity index (χ1v) is 12.7. The van der Waals surface area contributed by atoms with E-state index in [2.05, 4.69) is 39.6 Å². The minimum Gasteiger partial charge on any atom is -0.481 e. The molecule has 2 aliphatic rings. The number of halogens is 1. The van der Waals surface area contributed by atoms with Crippen molar-refractivity contribution in [3.63, 3.8) is 0 Å². The van der Waals surface area contributed by atoms with Gasteiger partial charge in [0.05, 0.1) is 7.11 Å². The van der Waals surface area contributed by atoms with Crippen LogP contribution >= 0.6 is 23.8 Å². The van der Waals surface area contributed by atoms with Gasteiger partial charge in [-0.2, -0.15) is 9.97 Å². The largest absolute Gasteiger partial charge is 0.481 e. The molecule has 1 unspecified atom stereocenters. The molecule has 33 heavy (non-hydrogen) atoms. The van der Waals surface area contributed by atoms with E-state index in [1.165, 1.54) is 37.7 Å². The summed E-state index contributed by atoms with van der Waals surface area (Å²) >= 11 is 11.8. The average Bonchev–Trinajstić information content (AvgIpc) is 2.83. The number of rotatable bonds is 6. The van der Waals surface area contributed by atoms with Gasteiger partial charge in [0.15, 0.2) is 5.11 Å². The first-order valence-electron chi connectivity index (χ1n) is 12.0. The third kappa shape index (κ3) is 6.07. The van der Waals surface area contributed by atoms with Crippen LogP contribution in [0.4, 0.5) is 11.8 Å². The summed E-state index contributed by atoms with van der Waals surface area (Å²) in [6.07, 6.45) is 8.43. The molecule has 0 radical (unpaired) electrons. The summed E-state index contributed by atoms with van der Waals surface area (Å²) in [6.45, 7) is 5.04. The molecule has 1 aromatic carbocycles. The molecule has 2 aromatic rings. The molecule has 1 aliphatic heterocycles. The van der Waals surface area contributed by atoms with Crippen LogP contribution in [0, 0.1) is 5.92 Å². The van der Waals surface area contributed by atoms with Gasteiger partial charge in [0.25, 0.3) is 0 Å². The van der Waals surface area contributed by atoms with Crippen molar-refractivity contribution >= 4 is 40.7 Å². The Morgan fingerprint density at radius 1 is 1.18 bits per heavy atom. The van der Waals surface area contributed by atoms with E-state index in [9.17, 15) is 0 Å². The Morgan fingerprint density at radius 2 is 1.94 bits per heavy atom.